The molecule has 21 heavy (non-hydrogen) atoms. The molecule has 1 aromatic rings. The minimum absolute atomic E-state index is 0.0365. The summed E-state index contributed by atoms with van der Waals surface area (Å²) >= 11 is 3.41. The summed E-state index contributed by atoms with van der Waals surface area (Å²) in [5.74, 6) is 0.120. The smallest absolute Gasteiger partial charge is 0.230 e. The Morgan fingerprint density at radius 3 is 2.67 bits per heavy atom. The van der Waals surface area contributed by atoms with Crippen molar-refractivity contribution >= 4 is 33.4 Å². The number of amidine groups is 1. The Labute approximate surface area is 132 Å². The van der Waals surface area contributed by atoms with E-state index in [1.54, 1.807) is 18.2 Å². The third-order valence-electron chi connectivity index (χ3n) is 4.34. The topological polar surface area (TPSA) is 87.7 Å². The highest BCUT2D eigenvalue weighted by Crippen LogP contribution is 2.42. The maximum absolute atomic E-state index is 12.6. The normalized spacial score (nSPS) is 17.7. The number of hydrogen-bond donors (Lipinski definition) is 3. The summed E-state index contributed by atoms with van der Waals surface area (Å²) in [6, 6.07) is 5.19. The molecule has 114 valence electrons. The average Bonchev–Trinajstić information content (AvgIpc) is 2.98. The van der Waals surface area contributed by atoms with Crippen LogP contribution in [0.25, 0.3) is 0 Å². The van der Waals surface area contributed by atoms with Crippen LogP contribution in [0.5, 0.6) is 0 Å². The number of amides is 1. The van der Waals surface area contributed by atoms with Gasteiger partial charge < -0.3 is 16.3 Å². The summed E-state index contributed by atoms with van der Waals surface area (Å²) in [7, 11) is 0. The van der Waals surface area contributed by atoms with Gasteiger partial charge in [0.05, 0.1) is 5.69 Å². The van der Waals surface area contributed by atoms with Gasteiger partial charge in [-0.1, -0.05) is 24.9 Å². The van der Waals surface area contributed by atoms with E-state index in [2.05, 4.69) is 33.3 Å². The first-order valence-corrected chi connectivity index (χ1v) is 7.90. The van der Waals surface area contributed by atoms with Crippen LogP contribution in [0.4, 0.5) is 5.69 Å². The molecule has 5 nitrogen and oxygen atoms in total. The molecule has 0 unspecified atom stereocenters. The lowest BCUT2D eigenvalue weighted by Crippen LogP contribution is -2.33. The monoisotopic (exact) mass is 353 g/mol. The number of halogens is 1. The molecule has 1 amide bonds. The fourth-order valence-electron chi connectivity index (χ4n) is 2.88. The Kier molecular flexibility index (Phi) is 4.88. The number of carbonyl (C=O) groups excluding carboxylic acids is 1. The summed E-state index contributed by atoms with van der Waals surface area (Å²) in [5.41, 5.74) is 6.61. The van der Waals surface area contributed by atoms with E-state index in [1.165, 1.54) is 0 Å². The molecule has 1 aliphatic rings. The molecule has 0 atom stereocenters. The molecular weight excluding hydrogens is 334 g/mol. The van der Waals surface area contributed by atoms with Crippen LogP contribution in [-0.2, 0) is 4.79 Å². The van der Waals surface area contributed by atoms with E-state index in [4.69, 9.17) is 10.9 Å². The predicted octanol–water partition coefficient (Wildman–Crippen LogP) is 3.45. The maximum Gasteiger partial charge on any atom is 0.230 e. The van der Waals surface area contributed by atoms with E-state index < -0.39 is 0 Å². The molecular formula is C15H20BrN3O2. The number of rotatable bonds is 4. The highest BCUT2D eigenvalue weighted by atomic mass is 79.9. The van der Waals surface area contributed by atoms with E-state index in [0.29, 0.717) is 15.7 Å². The van der Waals surface area contributed by atoms with Gasteiger partial charge in [0.2, 0.25) is 5.91 Å². The van der Waals surface area contributed by atoms with Crippen LogP contribution in [0.2, 0.25) is 0 Å². The maximum atomic E-state index is 12.6. The summed E-state index contributed by atoms with van der Waals surface area (Å²) < 4.78 is 0.712. The van der Waals surface area contributed by atoms with Gasteiger partial charge in [0, 0.05) is 15.5 Å². The van der Waals surface area contributed by atoms with Gasteiger partial charge in [-0.2, -0.15) is 0 Å². The quantitative estimate of drug-likeness (QED) is 0.335. The molecule has 0 spiro atoms. The zero-order chi connectivity index (χ0) is 15.5. The molecule has 6 heteroatoms. The van der Waals surface area contributed by atoms with Crippen molar-refractivity contribution in [3.63, 3.8) is 0 Å². The van der Waals surface area contributed by atoms with Crippen LogP contribution in [0.3, 0.4) is 0 Å². The average molecular weight is 354 g/mol. The van der Waals surface area contributed by atoms with Gasteiger partial charge >= 0.3 is 0 Å². The second-order valence-electron chi connectivity index (χ2n) is 5.47. The minimum Gasteiger partial charge on any atom is -0.409 e. The SMILES string of the molecule is CCC1(C(=O)Nc2ccc(/C(N)=N/O)cc2Br)CCCC1. The van der Waals surface area contributed by atoms with Crippen molar-refractivity contribution in [3.05, 3.63) is 28.2 Å². The Morgan fingerprint density at radius 2 is 2.14 bits per heavy atom. The number of oxime groups is 1. The van der Waals surface area contributed by atoms with Crippen molar-refractivity contribution in [2.75, 3.05) is 5.32 Å². The van der Waals surface area contributed by atoms with E-state index in [-0.39, 0.29) is 17.2 Å². The van der Waals surface area contributed by atoms with Gasteiger partial charge in [-0.15, -0.1) is 0 Å². The van der Waals surface area contributed by atoms with Gasteiger partial charge in [0.15, 0.2) is 5.84 Å². The number of nitrogens with zero attached hydrogens (tertiary/aromatic N) is 1. The highest BCUT2D eigenvalue weighted by molar-refractivity contribution is 9.10. The van der Waals surface area contributed by atoms with Crippen molar-refractivity contribution in [1.82, 2.24) is 0 Å². The standard InChI is InChI=1S/C15H20BrN3O2/c1-2-15(7-3-4-8-15)14(20)18-12-6-5-10(9-11(12)16)13(17)19-21/h5-6,9,21H,2-4,7-8H2,1H3,(H2,17,19)(H,18,20). The first-order valence-electron chi connectivity index (χ1n) is 7.11. The van der Waals surface area contributed by atoms with Gasteiger partial charge in [0.1, 0.15) is 0 Å². The molecule has 0 saturated heterocycles. The number of carbonyl (C=O) groups is 1. The number of benzene rings is 1. The van der Waals surface area contributed by atoms with Crippen LogP contribution >= 0.6 is 15.9 Å². The largest absolute Gasteiger partial charge is 0.409 e. The van der Waals surface area contributed by atoms with Crippen molar-refractivity contribution in [2.45, 2.75) is 39.0 Å². The van der Waals surface area contributed by atoms with Gasteiger partial charge in [-0.05, 0) is 53.4 Å². The third-order valence-corrected chi connectivity index (χ3v) is 5.00. The Hall–Kier alpha value is -1.56. The van der Waals surface area contributed by atoms with E-state index >= 15 is 0 Å². The van der Waals surface area contributed by atoms with Gasteiger partial charge in [-0.3, -0.25) is 4.79 Å². The molecule has 0 bridgehead atoms. The predicted molar refractivity (Wildman–Crippen MR) is 86.5 cm³/mol. The Balaban J connectivity index is 2.18. The number of nitrogens with two attached hydrogens (primary N) is 1. The summed E-state index contributed by atoms with van der Waals surface area (Å²) in [5, 5.41) is 14.6. The van der Waals surface area contributed by atoms with Crippen molar-refractivity contribution in [3.8, 4) is 0 Å². The number of nitrogens with one attached hydrogen (secondary N) is 1. The van der Waals surface area contributed by atoms with Crippen LogP contribution in [0.15, 0.2) is 27.8 Å². The van der Waals surface area contributed by atoms with Gasteiger partial charge in [0.25, 0.3) is 0 Å². The summed E-state index contributed by atoms with van der Waals surface area (Å²) in [6.45, 7) is 2.07. The fraction of sp³-hybridized carbons (Fsp3) is 0.467. The highest BCUT2D eigenvalue weighted by Gasteiger charge is 2.39. The molecule has 1 aromatic carbocycles. The molecule has 1 saturated carbocycles. The van der Waals surface area contributed by atoms with Crippen LogP contribution in [0.1, 0.15) is 44.6 Å². The summed E-state index contributed by atoms with van der Waals surface area (Å²) in [6.07, 6.45) is 5.00. The Morgan fingerprint density at radius 1 is 1.48 bits per heavy atom. The molecule has 1 aliphatic carbocycles. The molecule has 0 aromatic heterocycles. The first kappa shape index (κ1) is 15.8. The lowest BCUT2D eigenvalue weighted by molar-refractivity contribution is -0.125. The molecule has 1 fully saturated rings. The lowest BCUT2D eigenvalue weighted by atomic mass is 9.82. The Bertz CT molecular complexity index is 566. The number of anilines is 1. The van der Waals surface area contributed by atoms with E-state index in [0.717, 1.165) is 32.1 Å². The molecule has 0 radical (unpaired) electrons. The van der Waals surface area contributed by atoms with Crippen molar-refractivity contribution in [2.24, 2.45) is 16.3 Å². The molecule has 2 rings (SSSR count). The number of hydrogen-bond acceptors (Lipinski definition) is 3. The van der Waals surface area contributed by atoms with Crippen molar-refractivity contribution in [1.29, 1.82) is 0 Å². The van der Waals surface area contributed by atoms with Gasteiger partial charge in [-0.25, -0.2) is 0 Å². The molecule has 0 aliphatic heterocycles. The van der Waals surface area contributed by atoms with Crippen LogP contribution in [-0.4, -0.2) is 17.0 Å². The van der Waals surface area contributed by atoms with Crippen molar-refractivity contribution < 1.29 is 10.0 Å². The van der Waals surface area contributed by atoms with E-state index in [9.17, 15) is 4.79 Å². The lowest BCUT2D eigenvalue weighted by Gasteiger charge is -2.26. The second kappa shape index (κ2) is 6.47. The first-order chi connectivity index (χ1) is 10.0. The molecule has 0 heterocycles. The molecule has 4 N–H and O–H groups in total. The third kappa shape index (κ3) is 3.20. The summed E-state index contributed by atoms with van der Waals surface area (Å²) in [4.78, 5) is 12.6. The fourth-order valence-corrected chi connectivity index (χ4v) is 3.36. The second-order valence-corrected chi connectivity index (χ2v) is 6.33. The van der Waals surface area contributed by atoms with E-state index in [1.807, 2.05) is 0 Å². The zero-order valence-electron chi connectivity index (χ0n) is 12.0. The van der Waals surface area contributed by atoms with Crippen LogP contribution < -0.4 is 11.1 Å². The minimum atomic E-state index is -0.232. The van der Waals surface area contributed by atoms with Crippen LogP contribution in [0, 0.1) is 5.41 Å². The zero-order valence-corrected chi connectivity index (χ0v) is 13.6.